The molecule has 2 N–H and O–H groups in total. The molecule has 1 fully saturated rings. The summed E-state index contributed by atoms with van der Waals surface area (Å²) in [5.41, 5.74) is 9.17. The Balaban J connectivity index is 1.47. The summed E-state index contributed by atoms with van der Waals surface area (Å²) in [6.07, 6.45) is 4.22. The van der Waals surface area contributed by atoms with E-state index in [1.807, 2.05) is 84.9 Å². The van der Waals surface area contributed by atoms with Gasteiger partial charge in [-0.25, -0.2) is 4.90 Å². The lowest BCUT2D eigenvalue weighted by Crippen LogP contribution is -2.31. The lowest BCUT2D eigenvalue weighted by atomic mass is 10.1. The molecule has 144 valence electrons. The molecule has 3 aromatic carbocycles. The van der Waals surface area contributed by atoms with Gasteiger partial charge in [0.2, 0.25) is 11.8 Å². The first-order chi connectivity index (χ1) is 14.1. The number of nitrogens with two attached hydrogens (primary N) is 1. The van der Waals surface area contributed by atoms with Crippen LogP contribution in [-0.4, -0.2) is 17.1 Å². The molecule has 1 saturated heterocycles. The van der Waals surface area contributed by atoms with E-state index in [-0.39, 0.29) is 18.2 Å². The molecule has 0 bridgehead atoms. The highest BCUT2D eigenvalue weighted by atomic mass is 32.2. The van der Waals surface area contributed by atoms with Crippen LogP contribution in [0.15, 0.2) is 83.8 Å². The molecule has 0 spiro atoms. The van der Waals surface area contributed by atoms with Crippen LogP contribution in [0.5, 0.6) is 0 Å². The minimum Gasteiger partial charge on any atom is -0.399 e. The van der Waals surface area contributed by atoms with Gasteiger partial charge in [-0.3, -0.25) is 9.59 Å². The van der Waals surface area contributed by atoms with Crippen LogP contribution in [0, 0.1) is 0 Å². The maximum atomic E-state index is 12.8. The Labute approximate surface area is 174 Å². The Bertz CT molecular complexity index is 1060. The molecular weight excluding hydrogens is 380 g/mol. The highest BCUT2D eigenvalue weighted by molar-refractivity contribution is 8.00. The van der Waals surface area contributed by atoms with Gasteiger partial charge in [0, 0.05) is 17.0 Å². The number of carbonyl (C=O) groups excluding carboxylic acids is 2. The summed E-state index contributed by atoms with van der Waals surface area (Å²) in [5, 5.41) is -0.429. The molecule has 1 atom stereocenters. The third kappa shape index (κ3) is 4.41. The van der Waals surface area contributed by atoms with E-state index in [0.717, 1.165) is 16.0 Å². The summed E-state index contributed by atoms with van der Waals surface area (Å²) < 4.78 is 0. The molecule has 0 saturated carbocycles. The zero-order valence-corrected chi connectivity index (χ0v) is 16.5. The van der Waals surface area contributed by atoms with Crippen LogP contribution in [0.3, 0.4) is 0 Å². The number of thioether (sulfide) groups is 1. The normalized spacial score (nSPS) is 16.7. The Morgan fingerprint density at radius 1 is 0.862 bits per heavy atom. The fourth-order valence-electron chi connectivity index (χ4n) is 3.21. The fourth-order valence-corrected chi connectivity index (χ4v) is 4.33. The molecule has 29 heavy (non-hydrogen) atoms. The largest absolute Gasteiger partial charge is 0.399 e. The first kappa shape index (κ1) is 19.0. The third-order valence-electron chi connectivity index (χ3n) is 4.66. The maximum absolute atomic E-state index is 12.8. The molecule has 4 nitrogen and oxygen atoms in total. The monoisotopic (exact) mass is 400 g/mol. The van der Waals surface area contributed by atoms with E-state index in [4.69, 9.17) is 5.73 Å². The van der Waals surface area contributed by atoms with E-state index < -0.39 is 5.25 Å². The fraction of sp³-hybridized carbons (Fsp3) is 0.0833. The number of anilines is 2. The predicted octanol–water partition coefficient (Wildman–Crippen LogP) is 4.86. The van der Waals surface area contributed by atoms with Gasteiger partial charge < -0.3 is 5.73 Å². The van der Waals surface area contributed by atoms with Gasteiger partial charge in [0.25, 0.3) is 0 Å². The number of hydrogen-bond acceptors (Lipinski definition) is 4. The highest BCUT2D eigenvalue weighted by Crippen LogP contribution is 2.34. The summed E-state index contributed by atoms with van der Waals surface area (Å²) in [7, 11) is 0. The van der Waals surface area contributed by atoms with Crippen molar-refractivity contribution in [2.75, 3.05) is 10.6 Å². The molecule has 1 aliphatic rings. The minimum absolute atomic E-state index is 0.177. The summed E-state index contributed by atoms with van der Waals surface area (Å²) in [5.74, 6) is -0.362. The van der Waals surface area contributed by atoms with Crippen molar-refractivity contribution in [1.82, 2.24) is 0 Å². The third-order valence-corrected chi connectivity index (χ3v) is 5.84. The lowest BCUT2D eigenvalue weighted by Gasteiger charge is -2.15. The number of carbonyl (C=O) groups is 2. The van der Waals surface area contributed by atoms with Crippen molar-refractivity contribution in [2.45, 2.75) is 16.6 Å². The number of amides is 2. The number of benzene rings is 3. The topological polar surface area (TPSA) is 63.4 Å². The Morgan fingerprint density at radius 2 is 1.55 bits per heavy atom. The van der Waals surface area contributed by atoms with Gasteiger partial charge in [-0.1, -0.05) is 60.7 Å². The second kappa shape index (κ2) is 8.37. The first-order valence-corrected chi connectivity index (χ1v) is 10.2. The SMILES string of the molecule is Nc1cccc(S[C@@H]2CC(=O)N(c3ccc(/C=C/c4ccccc4)cc3)C2=O)c1. The van der Waals surface area contributed by atoms with Gasteiger partial charge in [-0.05, 0) is 41.5 Å². The van der Waals surface area contributed by atoms with Gasteiger partial charge in [0.05, 0.1) is 10.9 Å². The number of nitrogen functional groups attached to an aromatic ring is 1. The molecule has 2 amide bonds. The first-order valence-electron chi connectivity index (χ1n) is 9.32. The van der Waals surface area contributed by atoms with Crippen molar-refractivity contribution in [2.24, 2.45) is 0 Å². The second-order valence-corrected chi connectivity index (χ2v) is 8.06. The predicted molar refractivity (Wildman–Crippen MR) is 119 cm³/mol. The average Bonchev–Trinajstić information content (AvgIpc) is 3.01. The molecule has 3 aromatic rings. The summed E-state index contributed by atoms with van der Waals surface area (Å²) in [4.78, 5) is 27.5. The van der Waals surface area contributed by atoms with Crippen LogP contribution < -0.4 is 10.6 Å². The smallest absolute Gasteiger partial charge is 0.247 e. The minimum atomic E-state index is -0.429. The Morgan fingerprint density at radius 3 is 2.24 bits per heavy atom. The van der Waals surface area contributed by atoms with Crippen LogP contribution in [0.25, 0.3) is 12.2 Å². The molecule has 1 heterocycles. The van der Waals surface area contributed by atoms with Crippen LogP contribution in [0.1, 0.15) is 17.5 Å². The maximum Gasteiger partial charge on any atom is 0.247 e. The quantitative estimate of drug-likeness (QED) is 0.377. The zero-order chi connectivity index (χ0) is 20.2. The van der Waals surface area contributed by atoms with Crippen molar-refractivity contribution in [1.29, 1.82) is 0 Å². The van der Waals surface area contributed by atoms with Crippen molar-refractivity contribution < 1.29 is 9.59 Å². The van der Waals surface area contributed by atoms with Crippen LogP contribution in [0.4, 0.5) is 11.4 Å². The molecule has 1 aliphatic heterocycles. The van der Waals surface area contributed by atoms with Crippen molar-refractivity contribution in [3.8, 4) is 0 Å². The van der Waals surface area contributed by atoms with E-state index in [2.05, 4.69) is 0 Å². The highest BCUT2D eigenvalue weighted by Gasteiger charge is 2.40. The average molecular weight is 401 g/mol. The van der Waals surface area contributed by atoms with E-state index in [0.29, 0.717) is 11.4 Å². The van der Waals surface area contributed by atoms with Crippen LogP contribution in [0.2, 0.25) is 0 Å². The summed E-state index contributed by atoms with van der Waals surface area (Å²) in [6.45, 7) is 0. The van der Waals surface area contributed by atoms with Crippen molar-refractivity contribution >= 4 is 47.1 Å². The van der Waals surface area contributed by atoms with Gasteiger partial charge in [0.1, 0.15) is 0 Å². The molecule has 0 radical (unpaired) electrons. The Kier molecular flexibility index (Phi) is 5.49. The number of hydrogen-bond donors (Lipinski definition) is 1. The molecular formula is C24H20N2O2S. The molecule has 0 aromatic heterocycles. The van der Waals surface area contributed by atoms with Crippen molar-refractivity contribution in [3.05, 3.63) is 90.0 Å². The van der Waals surface area contributed by atoms with Crippen LogP contribution >= 0.6 is 11.8 Å². The Hall–Kier alpha value is -3.31. The molecule has 4 rings (SSSR count). The van der Waals surface area contributed by atoms with Gasteiger partial charge in [-0.2, -0.15) is 0 Å². The molecule has 5 heteroatoms. The summed E-state index contributed by atoms with van der Waals surface area (Å²) in [6, 6.07) is 24.8. The van der Waals surface area contributed by atoms with Crippen LogP contribution in [-0.2, 0) is 9.59 Å². The van der Waals surface area contributed by atoms with E-state index in [9.17, 15) is 9.59 Å². The van der Waals surface area contributed by atoms with E-state index >= 15 is 0 Å². The number of nitrogens with zero attached hydrogens (tertiary/aromatic N) is 1. The van der Waals surface area contributed by atoms with E-state index in [1.54, 1.807) is 6.07 Å². The van der Waals surface area contributed by atoms with Gasteiger partial charge in [-0.15, -0.1) is 11.8 Å². The van der Waals surface area contributed by atoms with Gasteiger partial charge in [0.15, 0.2) is 0 Å². The number of imide groups is 1. The summed E-state index contributed by atoms with van der Waals surface area (Å²) >= 11 is 1.38. The van der Waals surface area contributed by atoms with E-state index in [1.165, 1.54) is 16.7 Å². The molecule has 0 aliphatic carbocycles. The van der Waals surface area contributed by atoms with Crippen molar-refractivity contribution in [3.63, 3.8) is 0 Å². The zero-order valence-electron chi connectivity index (χ0n) is 15.7. The number of rotatable bonds is 5. The standard InChI is InChI=1S/C24H20N2O2S/c25-19-7-4-8-21(15-19)29-22-16-23(27)26(24(22)28)20-13-11-18(12-14-20)10-9-17-5-2-1-3-6-17/h1-15,22H,16,25H2/b10-9+/t22-/m1/s1. The molecule has 0 unspecified atom stereocenters. The lowest BCUT2D eigenvalue weighted by molar-refractivity contribution is -0.121. The van der Waals surface area contributed by atoms with Gasteiger partial charge >= 0.3 is 0 Å². The second-order valence-electron chi connectivity index (χ2n) is 6.79.